The number of likely N-dealkylation sites (N-methyl/N-ethyl adjacent to an activating group) is 1. The molecule has 0 unspecified atom stereocenters. The summed E-state index contributed by atoms with van der Waals surface area (Å²) in [6.07, 6.45) is 6.67. The molecule has 15 heavy (non-hydrogen) atoms. The zero-order valence-electron chi connectivity index (χ0n) is 9.82. The summed E-state index contributed by atoms with van der Waals surface area (Å²) in [6, 6.07) is 0. The van der Waals surface area contributed by atoms with Crippen molar-refractivity contribution in [3.63, 3.8) is 0 Å². The summed E-state index contributed by atoms with van der Waals surface area (Å²) in [7, 11) is 4.26. The van der Waals surface area contributed by atoms with Gasteiger partial charge in [0.2, 0.25) is 0 Å². The Morgan fingerprint density at radius 2 is 2.33 bits per heavy atom. The van der Waals surface area contributed by atoms with Crippen LogP contribution in [-0.4, -0.2) is 44.2 Å². The van der Waals surface area contributed by atoms with Crippen molar-refractivity contribution in [3.05, 3.63) is 23.8 Å². The largest absolute Gasteiger partial charge is 0.458 e. The lowest BCUT2D eigenvalue weighted by Crippen LogP contribution is -2.45. The molecule has 3 nitrogen and oxygen atoms in total. The summed E-state index contributed by atoms with van der Waals surface area (Å²) in [5.41, 5.74) is 0.816. The van der Waals surface area contributed by atoms with Gasteiger partial charge in [-0.15, -0.1) is 0 Å². The predicted octanol–water partition coefficient (Wildman–Crippen LogP) is 1.51. The van der Waals surface area contributed by atoms with Crippen LogP contribution < -0.4 is 0 Å². The van der Waals surface area contributed by atoms with E-state index in [2.05, 4.69) is 14.1 Å². The molecule has 0 saturated heterocycles. The summed E-state index contributed by atoms with van der Waals surface area (Å²) in [6.45, 7) is 4.15. The molecule has 84 valence electrons. The number of allylic oxidation sites excluding steroid dienone is 1. The summed E-state index contributed by atoms with van der Waals surface area (Å²) < 4.78 is 5.98. The van der Waals surface area contributed by atoms with Crippen LogP contribution in [0.3, 0.4) is 0 Å². The first kappa shape index (κ1) is 12.0. The predicted molar refractivity (Wildman–Crippen MR) is 60.3 cm³/mol. The second-order valence-electron chi connectivity index (χ2n) is 4.50. The van der Waals surface area contributed by atoms with Crippen LogP contribution in [-0.2, 0) is 9.53 Å². The number of carbonyl (C=O) groups is 1. The van der Waals surface area contributed by atoms with Crippen molar-refractivity contribution in [1.82, 2.24) is 0 Å². The van der Waals surface area contributed by atoms with Gasteiger partial charge in [0, 0.05) is 6.42 Å². The highest BCUT2D eigenvalue weighted by atomic mass is 16.5. The lowest BCUT2D eigenvalue weighted by molar-refractivity contribution is -0.886. The first-order valence-electron chi connectivity index (χ1n) is 5.34. The minimum absolute atomic E-state index is 0.168. The number of nitrogens with zero attached hydrogens (tertiary/aromatic N) is 1. The van der Waals surface area contributed by atoms with Gasteiger partial charge in [-0.05, 0) is 6.92 Å². The van der Waals surface area contributed by atoms with Crippen molar-refractivity contribution in [2.75, 3.05) is 33.8 Å². The first-order valence-corrected chi connectivity index (χ1v) is 5.34. The van der Waals surface area contributed by atoms with Crippen molar-refractivity contribution in [1.29, 1.82) is 0 Å². The van der Waals surface area contributed by atoms with Crippen LogP contribution in [0, 0.1) is 0 Å². The Bertz CT molecular complexity index is 290. The Kier molecular flexibility index (Phi) is 4.09. The van der Waals surface area contributed by atoms with Gasteiger partial charge in [-0.2, -0.15) is 0 Å². The molecule has 1 rings (SSSR count). The molecule has 0 bridgehead atoms. The molecular formula is C12H20NO2+. The average Bonchev–Trinajstić information content (AvgIpc) is 2.16. The third-order valence-corrected chi connectivity index (χ3v) is 2.53. The van der Waals surface area contributed by atoms with E-state index < -0.39 is 0 Å². The minimum Gasteiger partial charge on any atom is -0.458 e. The Labute approximate surface area is 91.6 Å². The maximum Gasteiger partial charge on any atom is 0.339 e. The molecule has 0 N–H and O–H groups in total. The number of quaternary nitrogens is 1. The average molecular weight is 210 g/mol. The normalized spacial score (nSPS) is 20.1. The summed E-state index contributed by atoms with van der Waals surface area (Å²) >= 11 is 0. The van der Waals surface area contributed by atoms with Crippen LogP contribution in [0.5, 0.6) is 0 Å². The molecule has 0 fully saturated rings. The maximum atomic E-state index is 11.6. The zero-order valence-corrected chi connectivity index (χ0v) is 9.82. The number of hydrogen-bond acceptors (Lipinski definition) is 2. The van der Waals surface area contributed by atoms with Gasteiger partial charge >= 0.3 is 5.97 Å². The second kappa shape index (κ2) is 5.12. The lowest BCUT2D eigenvalue weighted by Gasteiger charge is -2.32. The minimum atomic E-state index is -0.168. The van der Waals surface area contributed by atoms with Gasteiger partial charge in [0.15, 0.2) is 0 Å². The van der Waals surface area contributed by atoms with Gasteiger partial charge in [0.25, 0.3) is 0 Å². The standard InChI is InChI=1S/C12H20NO2/c1-4-5-9-15-12(14)11-7-6-8-13(2,3)10-11/h4-5,7H,6,8-10H2,1-3H3/q+1/b5-4+. The van der Waals surface area contributed by atoms with E-state index in [-0.39, 0.29) is 5.97 Å². The van der Waals surface area contributed by atoms with Gasteiger partial charge < -0.3 is 9.22 Å². The smallest absolute Gasteiger partial charge is 0.339 e. The first-order chi connectivity index (χ1) is 7.05. The molecular weight excluding hydrogens is 190 g/mol. The quantitative estimate of drug-likeness (QED) is 0.401. The molecule has 1 aliphatic rings. The van der Waals surface area contributed by atoms with Crippen LogP contribution in [0.1, 0.15) is 13.3 Å². The van der Waals surface area contributed by atoms with E-state index >= 15 is 0 Å². The Hall–Kier alpha value is -1.09. The number of hydrogen-bond donors (Lipinski definition) is 0. The third-order valence-electron chi connectivity index (χ3n) is 2.53. The highest BCUT2D eigenvalue weighted by Crippen LogP contribution is 2.14. The lowest BCUT2D eigenvalue weighted by atomic mass is 10.1. The van der Waals surface area contributed by atoms with Crippen LogP contribution in [0.25, 0.3) is 0 Å². The molecule has 1 heterocycles. The van der Waals surface area contributed by atoms with Crippen molar-refractivity contribution < 1.29 is 14.0 Å². The number of carbonyl (C=O) groups excluding carboxylic acids is 1. The maximum absolute atomic E-state index is 11.6. The SMILES string of the molecule is C/C=C/COC(=O)C1=CCC[N+](C)(C)C1. The topological polar surface area (TPSA) is 26.3 Å². The van der Waals surface area contributed by atoms with Gasteiger partial charge in [-0.25, -0.2) is 4.79 Å². The van der Waals surface area contributed by atoms with Crippen LogP contribution in [0.15, 0.2) is 23.8 Å². The Morgan fingerprint density at radius 3 is 2.93 bits per heavy atom. The van der Waals surface area contributed by atoms with Crippen LogP contribution >= 0.6 is 0 Å². The number of rotatable bonds is 3. The Balaban J connectivity index is 2.49. The summed E-state index contributed by atoms with van der Waals surface area (Å²) in [5.74, 6) is -0.168. The third kappa shape index (κ3) is 3.88. The highest BCUT2D eigenvalue weighted by molar-refractivity contribution is 5.88. The van der Waals surface area contributed by atoms with E-state index in [0.29, 0.717) is 6.61 Å². The monoisotopic (exact) mass is 210 g/mol. The number of esters is 1. The van der Waals surface area contributed by atoms with Gasteiger partial charge in [-0.3, -0.25) is 0 Å². The van der Waals surface area contributed by atoms with Gasteiger partial charge in [0.1, 0.15) is 13.2 Å². The molecule has 0 amide bonds. The van der Waals surface area contributed by atoms with Crippen molar-refractivity contribution in [3.8, 4) is 0 Å². The van der Waals surface area contributed by atoms with Crippen molar-refractivity contribution in [2.24, 2.45) is 0 Å². The fourth-order valence-corrected chi connectivity index (χ4v) is 1.65. The summed E-state index contributed by atoms with van der Waals surface area (Å²) in [4.78, 5) is 11.6. The Morgan fingerprint density at radius 1 is 1.60 bits per heavy atom. The summed E-state index contributed by atoms with van der Waals surface area (Å²) in [5, 5.41) is 0. The fourth-order valence-electron chi connectivity index (χ4n) is 1.65. The van der Waals surface area contributed by atoms with E-state index in [1.165, 1.54) is 0 Å². The molecule has 0 spiro atoms. The van der Waals surface area contributed by atoms with E-state index in [0.717, 1.165) is 29.6 Å². The molecule has 0 saturated carbocycles. The second-order valence-corrected chi connectivity index (χ2v) is 4.50. The van der Waals surface area contributed by atoms with E-state index in [4.69, 9.17) is 4.74 Å². The van der Waals surface area contributed by atoms with E-state index in [9.17, 15) is 4.79 Å². The molecule has 0 aromatic carbocycles. The molecule has 0 aliphatic carbocycles. The molecule has 0 aromatic heterocycles. The van der Waals surface area contributed by atoms with E-state index in [1.807, 2.05) is 25.2 Å². The van der Waals surface area contributed by atoms with Crippen molar-refractivity contribution in [2.45, 2.75) is 13.3 Å². The van der Waals surface area contributed by atoms with Gasteiger partial charge in [-0.1, -0.05) is 18.2 Å². The molecule has 0 radical (unpaired) electrons. The van der Waals surface area contributed by atoms with Gasteiger partial charge in [0.05, 0.1) is 26.2 Å². The fraction of sp³-hybridized carbons (Fsp3) is 0.583. The molecule has 0 atom stereocenters. The zero-order chi connectivity index (χ0) is 11.3. The molecule has 3 heteroatoms. The van der Waals surface area contributed by atoms with Crippen LogP contribution in [0.4, 0.5) is 0 Å². The van der Waals surface area contributed by atoms with E-state index in [1.54, 1.807) is 0 Å². The molecule has 1 aliphatic heterocycles. The molecule has 0 aromatic rings. The number of ether oxygens (including phenoxy) is 1. The van der Waals surface area contributed by atoms with Crippen molar-refractivity contribution >= 4 is 5.97 Å². The highest BCUT2D eigenvalue weighted by Gasteiger charge is 2.25. The van der Waals surface area contributed by atoms with Crippen LogP contribution in [0.2, 0.25) is 0 Å².